The zero-order valence-corrected chi connectivity index (χ0v) is 14.9. The van der Waals surface area contributed by atoms with E-state index in [4.69, 9.17) is 4.74 Å². The van der Waals surface area contributed by atoms with E-state index in [1.165, 1.54) is 5.56 Å². The van der Waals surface area contributed by atoms with Crippen LogP contribution in [-0.2, 0) is 12.3 Å². The summed E-state index contributed by atoms with van der Waals surface area (Å²) in [5, 5.41) is 12.8. The molecule has 0 unspecified atom stereocenters. The lowest BCUT2D eigenvalue weighted by Crippen LogP contribution is -2.04. The van der Waals surface area contributed by atoms with E-state index in [-0.39, 0.29) is 0 Å². The van der Waals surface area contributed by atoms with Gasteiger partial charge in [-0.1, -0.05) is 52.0 Å². The van der Waals surface area contributed by atoms with Crippen LogP contribution >= 0.6 is 27.7 Å². The summed E-state index contributed by atoms with van der Waals surface area (Å²) in [7, 11) is 1.66. The first-order chi connectivity index (χ1) is 11.2. The second kappa shape index (κ2) is 7.61. The van der Waals surface area contributed by atoms with Crippen LogP contribution in [0.15, 0.2) is 58.2 Å². The van der Waals surface area contributed by atoms with E-state index in [0.717, 1.165) is 26.7 Å². The summed E-state index contributed by atoms with van der Waals surface area (Å²) in [5.41, 5.74) is 2.36. The van der Waals surface area contributed by atoms with Crippen molar-refractivity contribution < 1.29 is 4.74 Å². The van der Waals surface area contributed by atoms with E-state index < -0.39 is 0 Å². The Morgan fingerprint density at radius 3 is 2.43 bits per heavy atom. The van der Waals surface area contributed by atoms with Crippen molar-refractivity contribution in [2.45, 2.75) is 17.5 Å². The van der Waals surface area contributed by atoms with Crippen LogP contribution in [0.2, 0.25) is 0 Å². The van der Waals surface area contributed by atoms with Gasteiger partial charge in [-0.05, 0) is 45.8 Å². The first-order valence-corrected chi connectivity index (χ1v) is 8.79. The molecule has 7 heteroatoms. The number of halogens is 1. The Labute approximate surface area is 147 Å². The van der Waals surface area contributed by atoms with E-state index in [1.54, 1.807) is 18.9 Å². The summed E-state index contributed by atoms with van der Waals surface area (Å²) >= 11 is 5.07. The number of thioether (sulfide) groups is 1. The molecule has 0 atom stereocenters. The summed E-state index contributed by atoms with van der Waals surface area (Å²) in [6, 6.07) is 16.2. The van der Waals surface area contributed by atoms with Crippen LogP contribution in [0.25, 0.3) is 0 Å². The second-order valence-corrected chi connectivity index (χ2v) is 6.74. The maximum Gasteiger partial charge on any atom is 0.209 e. The molecule has 2 aromatic carbocycles. The number of nitrogens with zero attached hydrogens (tertiary/aromatic N) is 4. The number of hydrogen-bond donors (Lipinski definition) is 0. The largest absolute Gasteiger partial charge is 0.497 e. The van der Waals surface area contributed by atoms with Crippen molar-refractivity contribution in [1.29, 1.82) is 0 Å². The van der Waals surface area contributed by atoms with Crippen molar-refractivity contribution in [1.82, 2.24) is 20.2 Å². The Balaban J connectivity index is 1.65. The summed E-state index contributed by atoms with van der Waals surface area (Å²) in [4.78, 5) is 0. The topological polar surface area (TPSA) is 52.8 Å². The third-order valence-electron chi connectivity index (χ3n) is 3.27. The molecule has 0 spiro atoms. The van der Waals surface area contributed by atoms with Crippen LogP contribution in [0.3, 0.4) is 0 Å². The average Bonchev–Trinajstić information content (AvgIpc) is 3.02. The summed E-state index contributed by atoms with van der Waals surface area (Å²) in [6.45, 7) is 0.639. The van der Waals surface area contributed by atoms with Gasteiger partial charge >= 0.3 is 0 Å². The molecule has 0 saturated carbocycles. The highest BCUT2D eigenvalue weighted by Gasteiger charge is 2.08. The Bertz CT molecular complexity index is 759. The van der Waals surface area contributed by atoms with Crippen molar-refractivity contribution in [2.75, 3.05) is 7.11 Å². The Morgan fingerprint density at radius 1 is 1.04 bits per heavy atom. The first kappa shape index (κ1) is 16.0. The number of ether oxygens (including phenoxy) is 1. The van der Waals surface area contributed by atoms with Gasteiger partial charge in [0.15, 0.2) is 0 Å². The van der Waals surface area contributed by atoms with Gasteiger partial charge in [-0.3, -0.25) is 0 Å². The molecule has 0 bridgehead atoms. The van der Waals surface area contributed by atoms with E-state index in [1.807, 2.05) is 41.1 Å². The monoisotopic (exact) mass is 390 g/mol. The fourth-order valence-electron chi connectivity index (χ4n) is 2.03. The zero-order chi connectivity index (χ0) is 16.1. The highest BCUT2D eigenvalue weighted by molar-refractivity contribution is 9.10. The minimum Gasteiger partial charge on any atom is -0.497 e. The van der Waals surface area contributed by atoms with E-state index in [0.29, 0.717) is 6.54 Å². The molecule has 3 rings (SSSR count). The maximum absolute atomic E-state index is 5.17. The fourth-order valence-corrected chi connectivity index (χ4v) is 3.13. The van der Waals surface area contributed by atoms with E-state index in [9.17, 15) is 0 Å². The van der Waals surface area contributed by atoms with Crippen molar-refractivity contribution in [2.24, 2.45) is 0 Å². The zero-order valence-electron chi connectivity index (χ0n) is 12.5. The molecule has 0 aliphatic rings. The molecule has 1 aromatic heterocycles. The summed E-state index contributed by atoms with van der Waals surface area (Å²) in [5.74, 6) is 1.67. The molecular weight excluding hydrogens is 376 g/mol. The second-order valence-electron chi connectivity index (χ2n) is 4.88. The molecule has 0 saturated heterocycles. The molecular formula is C16H15BrN4OS. The molecule has 1 heterocycles. The van der Waals surface area contributed by atoms with Crippen LogP contribution < -0.4 is 4.74 Å². The van der Waals surface area contributed by atoms with Gasteiger partial charge in [0.25, 0.3) is 0 Å². The number of benzene rings is 2. The van der Waals surface area contributed by atoms with E-state index >= 15 is 0 Å². The molecule has 5 nitrogen and oxygen atoms in total. The van der Waals surface area contributed by atoms with Gasteiger partial charge in [0, 0.05) is 10.2 Å². The SMILES string of the molecule is COc1ccc(Cn2nnnc2SCc2ccc(Br)cc2)cc1. The molecule has 0 fully saturated rings. The Hall–Kier alpha value is -1.86. The lowest BCUT2D eigenvalue weighted by Gasteiger charge is -2.06. The van der Waals surface area contributed by atoms with Crippen LogP contribution in [-0.4, -0.2) is 27.3 Å². The molecule has 0 amide bonds. The molecule has 23 heavy (non-hydrogen) atoms. The van der Waals surface area contributed by atoms with Crippen molar-refractivity contribution in [3.05, 3.63) is 64.1 Å². The number of rotatable bonds is 6. The number of tetrazole rings is 1. The predicted molar refractivity (Wildman–Crippen MR) is 93.6 cm³/mol. The highest BCUT2D eigenvalue weighted by atomic mass is 79.9. The predicted octanol–water partition coefficient (Wildman–Crippen LogP) is 3.78. The molecule has 0 aliphatic heterocycles. The number of methoxy groups -OCH3 is 1. The van der Waals surface area contributed by atoms with Crippen LogP contribution in [0, 0.1) is 0 Å². The Kier molecular flexibility index (Phi) is 5.30. The quantitative estimate of drug-likeness (QED) is 0.599. The van der Waals surface area contributed by atoms with Gasteiger partial charge in [0.2, 0.25) is 5.16 Å². The number of aromatic nitrogens is 4. The fraction of sp³-hybridized carbons (Fsp3) is 0.188. The number of hydrogen-bond acceptors (Lipinski definition) is 5. The van der Waals surface area contributed by atoms with Gasteiger partial charge in [-0.15, -0.1) is 5.10 Å². The normalized spacial score (nSPS) is 10.7. The molecule has 0 radical (unpaired) electrons. The molecule has 0 N–H and O–H groups in total. The lowest BCUT2D eigenvalue weighted by atomic mass is 10.2. The van der Waals surface area contributed by atoms with Crippen molar-refractivity contribution >= 4 is 27.7 Å². The van der Waals surface area contributed by atoms with Gasteiger partial charge in [-0.2, -0.15) is 0 Å². The van der Waals surface area contributed by atoms with E-state index in [2.05, 4.69) is 43.6 Å². The molecule has 118 valence electrons. The third-order valence-corrected chi connectivity index (χ3v) is 4.83. The average molecular weight is 391 g/mol. The lowest BCUT2D eigenvalue weighted by molar-refractivity contribution is 0.414. The third kappa shape index (κ3) is 4.33. The van der Waals surface area contributed by atoms with Crippen LogP contribution in [0.4, 0.5) is 0 Å². The minimum absolute atomic E-state index is 0.639. The van der Waals surface area contributed by atoms with Crippen molar-refractivity contribution in [3.63, 3.8) is 0 Å². The highest BCUT2D eigenvalue weighted by Crippen LogP contribution is 2.22. The van der Waals surface area contributed by atoms with Crippen molar-refractivity contribution in [3.8, 4) is 5.75 Å². The summed E-state index contributed by atoms with van der Waals surface area (Å²) in [6.07, 6.45) is 0. The Morgan fingerprint density at radius 2 is 1.74 bits per heavy atom. The standard InChI is InChI=1S/C16H15BrN4OS/c1-22-15-8-4-12(5-9-15)10-21-16(18-19-20-21)23-11-13-2-6-14(17)7-3-13/h2-9H,10-11H2,1H3. The van der Waals surface area contributed by atoms with Gasteiger partial charge in [0.05, 0.1) is 13.7 Å². The van der Waals surface area contributed by atoms with Gasteiger partial charge in [0.1, 0.15) is 5.75 Å². The van der Waals surface area contributed by atoms with Crippen LogP contribution in [0.5, 0.6) is 5.75 Å². The maximum atomic E-state index is 5.17. The smallest absolute Gasteiger partial charge is 0.209 e. The molecule has 3 aromatic rings. The van der Waals surface area contributed by atoms with Gasteiger partial charge in [-0.25, -0.2) is 4.68 Å². The molecule has 0 aliphatic carbocycles. The van der Waals surface area contributed by atoms with Crippen LogP contribution in [0.1, 0.15) is 11.1 Å². The first-order valence-electron chi connectivity index (χ1n) is 7.01. The summed E-state index contributed by atoms with van der Waals surface area (Å²) < 4.78 is 8.06. The minimum atomic E-state index is 0.639. The van der Waals surface area contributed by atoms with Gasteiger partial charge < -0.3 is 4.74 Å².